The van der Waals surface area contributed by atoms with Crippen molar-refractivity contribution in [2.75, 3.05) is 11.9 Å². The molecule has 1 heterocycles. The van der Waals surface area contributed by atoms with Gasteiger partial charge in [0.2, 0.25) is 5.91 Å². The predicted octanol–water partition coefficient (Wildman–Crippen LogP) is 0.705. The third kappa shape index (κ3) is 4.44. The van der Waals surface area contributed by atoms with E-state index in [4.69, 9.17) is 4.52 Å². The zero-order valence-corrected chi connectivity index (χ0v) is 9.42. The Labute approximate surface area is 88.4 Å². The molecule has 0 aliphatic carbocycles. The highest BCUT2D eigenvalue weighted by molar-refractivity contribution is 5.80. The zero-order valence-electron chi connectivity index (χ0n) is 9.42. The predicted molar refractivity (Wildman–Crippen MR) is 55.4 cm³/mol. The van der Waals surface area contributed by atoms with Crippen LogP contribution in [0.25, 0.3) is 0 Å². The van der Waals surface area contributed by atoms with Crippen LogP contribution in [0, 0.1) is 6.92 Å². The Morgan fingerprint density at radius 2 is 2.13 bits per heavy atom. The van der Waals surface area contributed by atoms with Crippen molar-refractivity contribution in [2.24, 2.45) is 0 Å². The van der Waals surface area contributed by atoms with E-state index in [9.17, 15) is 4.79 Å². The molecule has 0 atom stereocenters. The summed E-state index contributed by atoms with van der Waals surface area (Å²) in [5, 5.41) is 9.13. The van der Waals surface area contributed by atoms with Gasteiger partial charge in [0.1, 0.15) is 0 Å². The number of aryl methyl sites for hydroxylation is 1. The quantitative estimate of drug-likeness (QED) is 0.771. The Balaban J connectivity index is 2.35. The third-order valence-electron chi connectivity index (χ3n) is 1.44. The summed E-state index contributed by atoms with van der Waals surface area (Å²) >= 11 is 0. The molecule has 0 saturated heterocycles. The Hall–Kier alpha value is -1.59. The number of aromatic nitrogens is 2. The minimum Gasteiger partial charge on any atom is -0.350 e. The third-order valence-corrected chi connectivity index (χ3v) is 1.44. The van der Waals surface area contributed by atoms with Gasteiger partial charge in [-0.2, -0.15) is 4.98 Å². The minimum absolute atomic E-state index is 0.113. The highest BCUT2D eigenvalue weighted by Gasteiger charge is 2.13. The molecule has 1 aromatic rings. The van der Waals surface area contributed by atoms with Crippen LogP contribution >= 0.6 is 0 Å². The van der Waals surface area contributed by atoms with Gasteiger partial charge in [-0.15, -0.1) is 0 Å². The minimum atomic E-state index is -0.233. The van der Waals surface area contributed by atoms with Crippen molar-refractivity contribution in [3.8, 4) is 0 Å². The molecule has 1 amide bonds. The van der Waals surface area contributed by atoms with Gasteiger partial charge in [-0.25, -0.2) is 0 Å². The first kappa shape index (κ1) is 11.5. The maximum Gasteiger partial charge on any atom is 0.321 e. The summed E-state index contributed by atoms with van der Waals surface area (Å²) in [6, 6.07) is 0.261. The van der Waals surface area contributed by atoms with E-state index in [1.807, 2.05) is 20.8 Å². The van der Waals surface area contributed by atoms with Crippen molar-refractivity contribution in [3.63, 3.8) is 0 Å². The van der Waals surface area contributed by atoms with Gasteiger partial charge in [-0.3, -0.25) is 4.79 Å². The second kappa shape index (κ2) is 4.29. The van der Waals surface area contributed by atoms with E-state index in [1.165, 1.54) is 0 Å². The Bertz CT molecular complexity index is 340. The summed E-state index contributed by atoms with van der Waals surface area (Å²) in [4.78, 5) is 15.3. The largest absolute Gasteiger partial charge is 0.350 e. The number of nitrogens with one attached hydrogen (secondary N) is 2. The van der Waals surface area contributed by atoms with Gasteiger partial charge in [-0.05, 0) is 27.7 Å². The number of anilines is 1. The molecule has 1 aromatic heterocycles. The van der Waals surface area contributed by atoms with Crippen LogP contribution in [-0.2, 0) is 4.79 Å². The van der Waals surface area contributed by atoms with Gasteiger partial charge in [0.25, 0.3) is 0 Å². The first-order chi connectivity index (χ1) is 6.87. The van der Waals surface area contributed by atoms with Gasteiger partial charge in [0, 0.05) is 5.54 Å². The summed E-state index contributed by atoms with van der Waals surface area (Å²) in [7, 11) is 0. The van der Waals surface area contributed by atoms with Gasteiger partial charge in [-0.1, -0.05) is 5.16 Å². The maximum absolute atomic E-state index is 11.4. The van der Waals surface area contributed by atoms with Gasteiger partial charge < -0.3 is 15.2 Å². The molecular formula is C9H16N4O2. The summed E-state index contributed by atoms with van der Waals surface area (Å²) in [5.41, 5.74) is -0.233. The van der Waals surface area contributed by atoms with Crippen LogP contribution in [-0.4, -0.2) is 28.1 Å². The highest BCUT2D eigenvalue weighted by atomic mass is 16.5. The molecule has 0 radical (unpaired) electrons. The Morgan fingerprint density at radius 1 is 1.47 bits per heavy atom. The van der Waals surface area contributed by atoms with Crippen LogP contribution in [0.4, 0.5) is 6.01 Å². The summed E-state index contributed by atoms with van der Waals surface area (Å²) in [6.45, 7) is 7.59. The van der Waals surface area contributed by atoms with Crippen LogP contribution in [0.3, 0.4) is 0 Å². The van der Waals surface area contributed by atoms with E-state index in [-0.39, 0.29) is 24.0 Å². The molecule has 0 aliphatic rings. The number of carbonyl (C=O) groups is 1. The zero-order chi connectivity index (χ0) is 11.5. The fourth-order valence-electron chi connectivity index (χ4n) is 0.987. The highest BCUT2D eigenvalue weighted by Crippen LogP contribution is 2.02. The van der Waals surface area contributed by atoms with E-state index in [2.05, 4.69) is 20.8 Å². The van der Waals surface area contributed by atoms with E-state index in [0.29, 0.717) is 5.82 Å². The summed E-state index contributed by atoms with van der Waals surface area (Å²) in [5.74, 6) is 0.423. The second-order valence-electron chi connectivity index (χ2n) is 4.30. The standard InChI is InChI=1S/C9H16N4O2/c1-6-11-8(15-13-6)10-5-7(14)12-9(2,3)4/h5H2,1-4H3,(H,12,14)(H,10,11,13). The number of amides is 1. The fourth-order valence-corrected chi connectivity index (χ4v) is 0.987. The van der Waals surface area contributed by atoms with E-state index < -0.39 is 0 Å². The molecule has 0 aromatic carbocycles. The molecule has 0 saturated carbocycles. The number of hydrogen-bond acceptors (Lipinski definition) is 5. The van der Waals surface area contributed by atoms with Gasteiger partial charge in [0.05, 0.1) is 6.54 Å². The topological polar surface area (TPSA) is 80.0 Å². The molecule has 1 rings (SSSR count). The lowest BCUT2D eigenvalue weighted by atomic mass is 10.1. The molecular weight excluding hydrogens is 196 g/mol. The molecule has 15 heavy (non-hydrogen) atoms. The van der Waals surface area contributed by atoms with Crippen LogP contribution in [0.2, 0.25) is 0 Å². The first-order valence-electron chi connectivity index (χ1n) is 4.72. The van der Waals surface area contributed by atoms with E-state index in [1.54, 1.807) is 6.92 Å². The average molecular weight is 212 g/mol. The molecule has 2 N–H and O–H groups in total. The van der Waals surface area contributed by atoms with Crippen molar-refractivity contribution >= 4 is 11.9 Å². The fraction of sp³-hybridized carbons (Fsp3) is 0.667. The van der Waals surface area contributed by atoms with E-state index >= 15 is 0 Å². The van der Waals surface area contributed by atoms with Gasteiger partial charge >= 0.3 is 6.01 Å². The van der Waals surface area contributed by atoms with Gasteiger partial charge in [0.15, 0.2) is 5.82 Å². The normalized spacial score (nSPS) is 11.2. The molecule has 6 nitrogen and oxygen atoms in total. The van der Waals surface area contributed by atoms with Crippen molar-refractivity contribution in [2.45, 2.75) is 33.2 Å². The summed E-state index contributed by atoms with van der Waals surface area (Å²) in [6.07, 6.45) is 0. The Morgan fingerprint density at radius 3 is 2.60 bits per heavy atom. The smallest absolute Gasteiger partial charge is 0.321 e. The molecule has 0 spiro atoms. The molecule has 0 unspecified atom stereocenters. The molecule has 0 fully saturated rings. The first-order valence-corrected chi connectivity index (χ1v) is 4.72. The SMILES string of the molecule is Cc1noc(NCC(=O)NC(C)(C)C)n1. The monoisotopic (exact) mass is 212 g/mol. The average Bonchev–Trinajstić information content (AvgIpc) is 2.45. The van der Waals surface area contributed by atoms with E-state index in [0.717, 1.165) is 0 Å². The number of rotatable bonds is 3. The molecule has 84 valence electrons. The van der Waals surface area contributed by atoms with Crippen molar-refractivity contribution < 1.29 is 9.32 Å². The second-order valence-corrected chi connectivity index (χ2v) is 4.30. The number of carbonyl (C=O) groups excluding carboxylic acids is 1. The van der Waals surface area contributed by atoms with Crippen LogP contribution in [0.5, 0.6) is 0 Å². The molecule has 6 heteroatoms. The number of hydrogen-bond donors (Lipinski definition) is 2. The Kier molecular flexibility index (Phi) is 3.28. The molecule has 0 bridgehead atoms. The van der Waals surface area contributed by atoms with Crippen LogP contribution < -0.4 is 10.6 Å². The number of nitrogens with zero attached hydrogens (tertiary/aromatic N) is 2. The molecule has 0 aliphatic heterocycles. The van der Waals surface area contributed by atoms with Crippen molar-refractivity contribution in [1.29, 1.82) is 0 Å². The summed E-state index contributed by atoms with van der Waals surface area (Å²) < 4.78 is 4.79. The lowest BCUT2D eigenvalue weighted by Crippen LogP contribution is -2.43. The maximum atomic E-state index is 11.4. The van der Waals surface area contributed by atoms with Crippen molar-refractivity contribution in [3.05, 3.63) is 5.82 Å². The van der Waals surface area contributed by atoms with Crippen molar-refractivity contribution in [1.82, 2.24) is 15.5 Å². The lowest BCUT2D eigenvalue weighted by molar-refractivity contribution is -0.120. The van der Waals surface area contributed by atoms with Crippen LogP contribution in [0.15, 0.2) is 4.52 Å². The lowest BCUT2D eigenvalue weighted by Gasteiger charge is -2.20. The van der Waals surface area contributed by atoms with Crippen LogP contribution in [0.1, 0.15) is 26.6 Å².